The number of thioether (sulfide) groups is 2. The Morgan fingerprint density at radius 2 is 1.80 bits per heavy atom. The van der Waals surface area contributed by atoms with E-state index in [1.54, 1.807) is 36.9 Å². The van der Waals surface area contributed by atoms with Crippen LogP contribution in [0.2, 0.25) is 15.1 Å². The van der Waals surface area contributed by atoms with E-state index < -0.39 is 0 Å². The van der Waals surface area contributed by atoms with Gasteiger partial charge in [-0.25, -0.2) is 5.43 Å². The van der Waals surface area contributed by atoms with Crippen LogP contribution in [0.25, 0.3) is 0 Å². The molecular weight excluding hydrogens is 503 g/mol. The van der Waals surface area contributed by atoms with E-state index in [0.29, 0.717) is 31.4 Å². The van der Waals surface area contributed by atoms with Gasteiger partial charge in [-0.15, -0.1) is 10.2 Å². The standard InChI is InChI=1S/C19H15Cl3N4OS3/c1-11(14-7-6-13(20)8-16(14)22)23-24-17(27)10-29-19-26-25-18(30-19)28-9-12-4-2-3-5-15(12)21/h2-8H,9-10H2,1H3,(H,24,27). The van der Waals surface area contributed by atoms with Crippen molar-refractivity contribution in [3.63, 3.8) is 0 Å². The predicted octanol–water partition coefficient (Wildman–Crippen LogP) is 6.42. The molecule has 30 heavy (non-hydrogen) atoms. The lowest BCUT2D eigenvalue weighted by atomic mass is 10.1. The van der Waals surface area contributed by atoms with Gasteiger partial charge < -0.3 is 0 Å². The Labute approximate surface area is 201 Å². The van der Waals surface area contributed by atoms with Crippen LogP contribution in [0.1, 0.15) is 18.1 Å². The molecule has 0 atom stereocenters. The summed E-state index contributed by atoms with van der Waals surface area (Å²) in [6.07, 6.45) is 0. The van der Waals surface area contributed by atoms with Gasteiger partial charge in [0.1, 0.15) is 0 Å². The molecule has 0 fully saturated rings. The number of benzene rings is 2. The van der Waals surface area contributed by atoms with Crippen molar-refractivity contribution in [2.45, 2.75) is 21.4 Å². The molecule has 0 aliphatic heterocycles. The number of aromatic nitrogens is 2. The van der Waals surface area contributed by atoms with Crippen molar-refractivity contribution in [1.82, 2.24) is 15.6 Å². The largest absolute Gasteiger partial charge is 0.272 e. The number of amides is 1. The van der Waals surface area contributed by atoms with Gasteiger partial charge in [0.2, 0.25) is 0 Å². The molecule has 2 aromatic carbocycles. The van der Waals surface area contributed by atoms with Crippen LogP contribution in [0, 0.1) is 0 Å². The Kier molecular flexibility index (Phi) is 8.85. The quantitative estimate of drug-likeness (QED) is 0.212. The SMILES string of the molecule is CC(=NNC(=O)CSc1nnc(SCc2ccccc2Cl)s1)c1ccc(Cl)cc1Cl. The van der Waals surface area contributed by atoms with Crippen LogP contribution in [0.3, 0.4) is 0 Å². The first-order valence-electron chi connectivity index (χ1n) is 8.53. The number of hydrogen-bond acceptors (Lipinski definition) is 7. The molecule has 0 aliphatic carbocycles. The van der Waals surface area contributed by atoms with Gasteiger partial charge in [0, 0.05) is 21.4 Å². The minimum absolute atomic E-state index is 0.176. The number of carbonyl (C=O) groups is 1. The average Bonchev–Trinajstić information content (AvgIpc) is 3.18. The second kappa shape index (κ2) is 11.4. The molecule has 3 rings (SSSR count). The fourth-order valence-electron chi connectivity index (χ4n) is 2.22. The van der Waals surface area contributed by atoms with Crippen molar-refractivity contribution in [2.24, 2.45) is 5.10 Å². The summed E-state index contributed by atoms with van der Waals surface area (Å²) in [4.78, 5) is 12.1. The first-order chi connectivity index (χ1) is 14.4. The second-order valence-electron chi connectivity index (χ2n) is 5.86. The highest BCUT2D eigenvalue weighted by Crippen LogP contribution is 2.32. The molecule has 156 valence electrons. The van der Waals surface area contributed by atoms with E-state index in [4.69, 9.17) is 34.8 Å². The van der Waals surface area contributed by atoms with Crippen LogP contribution >= 0.6 is 69.7 Å². The first kappa shape index (κ1) is 23.4. The number of nitrogens with zero attached hydrogens (tertiary/aromatic N) is 3. The van der Waals surface area contributed by atoms with Gasteiger partial charge in [-0.1, -0.05) is 93.9 Å². The van der Waals surface area contributed by atoms with Crippen molar-refractivity contribution in [3.05, 3.63) is 68.7 Å². The number of hydrazone groups is 1. The Bertz CT molecular complexity index is 1070. The number of halogens is 3. The Hall–Kier alpha value is -1.29. The smallest absolute Gasteiger partial charge is 0.250 e. The van der Waals surface area contributed by atoms with Crippen molar-refractivity contribution >= 4 is 81.3 Å². The van der Waals surface area contributed by atoms with Gasteiger partial charge in [-0.05, 0) is 30.7 Å². The fraction of sp³-hybridized carbons (Fsp3) is 0.158. The molecule has 1 N–H and O–H groups in total. The molecule has 0 spiro atoms. The van der Waals surface area contributed by atoms with E-state index in [0.717, 1.165) is 14.9 Å². The van der Waals surface area contributed by atoms with Crippen LogP contribution < -0.4 is 5.43 Å². The first-order valence-corrected chi connectivity index (χ1v) is 12.5. The molecule has 1 aromatic heterocycles. The maximum Gasteiger partial charge on any atom is 0.250 e. The second-order valence-corrected chi connectivity index (χ2v) is 10.5. The highest BCUT2D eigenvalue weighted by molar-refractivity contribution is 8.03. The van der Waals surface area contributed by atoms with E-state index in [2.05, 4.69) is 20.7 Å². The third-order valence-corrected chi connectivity index (χ3v) is 7.85. The Balaban J connectivity index is 1.47. The van der Waals surface area contributed by atoms with Gasteiger partial charge in [0.25, 0.3) is 5.91 Å². The predicted molar refractivity (Wildman–Crippen MR) is 128 cm³/mol. The maximum absolute atomic E-state index is 12.1. The molecule has 0 aliphatic rings. The summed E-state index contributed by atoms with van der Waals surface area (Å²) in [7, 11) is 0. The number of carbonyl (C=O) groups excluding carboxylic acids is 1. The summed E-state index contributed by atoms with van der Waals surface area (Å²) in [5.74, 6) is 0.639. The molecule has 0 saturated carbocycles. The molecule has 0 radical (unpaired) electrons. The van der Waals surface area contributed by atoms with Crippen molar-refractivity contribution in [1.29, 1.82) is 0 Å². The zero-order chi connectivity index (χ0) is 21.5. The van der Waals surface area contributed by atoms with Crippen LogP contribution in [0.15, 0.2) is 56.2 Å². The normalized spacial score (nSPS) is 11.5. The van der Waals surface area contributed by atoms with Crippen LogP contribution in [-0.4, -0.2) is 27.6 Å². The van der Waals surface area contributed by atoms with E-state index in [9.17, 15) is 4.79 Å². The molecular formula is C19H15Cl3N4OS3. The fourth-order valence-corrected chi connectivity index (χ4v) is 5.86. The van der Waals surface area contributed by atoms with Crippen molar-refractivity contribution in [2.75, 3.05) is 5.75 Å². The van der Waals surface area contributed by atoms with Gasteiger partial charge >= 0.3 is 0 Å². The van der Waals surface area contributed by atoms with Gasteiger partial charge in [-0.2, -0.15) is 5.10 Å². The third kappa shape index (κ3) is 6.87. The summed E-state index contributed by atoms with van der Waals surface area (Å²) < 4.78 is 1.54. The maximum atomic E-state index is 12.1. The number of rotatable bonds is 8. The monoisotopic (exact) mass is 516 g/mol. The molecule has 0 saturated heterocycles. The van der Waals surface area contributed by atoms with Crippen LogP contribution in [-0.2, 0) is 10.5 Å². The molecule has 5 nitrogen and oxygen atoms in total. The molecule has 0 unspecified atom stereocenters. The van der Waals surface area contributed by atoms with E-state index >= 15 is 0 Å². The molecule has 0 bridgehead atoms. The van der Waals surface area contributed by atoms with Crippen LogP contribution in [0.4, 0.5) is 0 Å². The summed E-state index contributed by atoms with van der Waals surface area (Å²) >= 11 is 22.5. The van der Waals surface area contributed by atoms with Crippen molar-refractivity contribution < 1.29 is 4.79 Å². The Morgan fingerprint density at radius 1 is 1.07 bits per heavy atom. The molecule has 1 heterocycles. The van der Waals surface area contributed by atoms with Gasteiger partial charge in [0.05, 0.1) is 16.5 Å². The lowest BCUT2D eigenvalue weighted by Crippen LogP contribution is -2.21. The summed E-state index contributed by atoms with van der Waals surface area (Å²) in [6, 6.07) is 12.8. The van der Waals surface area contributed by atoms with Gasteiger partial charge in [0.15, 0.2) is 8.68 Å². The molecule has 11 heteroatoms. The van der Waals surface area contributed by atoms with E-state index in [1.807, 2.05) is 24.3 Å². The minimum Gasteiger partial charge on any atom is -0.272 e. The minimum atomic E-state index is -0.245. The summed E-state index contributed by atoms with van der Waals surface area (Å²) in [5, 5.41) is 14.1. The molecule has 1 amide bonds. The lowest BCUT2D eigenvalue weighted by Gasteiger charge is -2.05. The summed E-state index contributed by atoms with van der Waals surface area (Å²) in [6.45, 7) is 1.76. The topological polar surface area (TPSA) is 67.2 Å². The van der Waals surface area contributed by atoms with Crippen LogP contribution in [0.5, 0.6) is 0 Å². The van der Waals surface area contributed by atoms with Gasteiger partial charge in [-0.3, -0.25) is 4.79 Å². The number of hydrogen-bond donors (Lipinski definition) is 1. The summed E-state index contributed by atoms with van der Waals surface area (Å²) in [5.41, 5.74) is 4.86. The highest BCUT2D eigenvalue weighted by Gasteiger charge is 2.10. The van der Waals surface area contributed by atoms with E-state index in [-0.39, 0.29) is 11.7 Å². The highest BCUT2D eigenvalue weighted by atomic mass is 35.5. The zero-order valence-electron chi connectivity index (χ0n) is 15.6. The Morgan fingerprint density at radius 3 is 2.53 bits per heavy atom. The lowest BCUT2D eigenvalue weighted by molar-refractivity contribution is -0.118. The average molecular weight is 518 g/mol. The molecule has 3 aromatic rings. The number of nitrogens with one attached hydrogen (secondary N) is 1. The van der Waals surface area contributed by atoms with Crippen molar-refractivity contribution in [3.8, 4) is 0 Å². The third-order valence-electron chi connectivity index (χ3n) is 3.69. The van der Waals surface area contributed by atoms with E-state index in [1.165, 1.54) is 23.1 Å². The zero-order valence-corrected chi connectivity index (χ0v) is 20.3.